The number of esters is 1. The third-order valence-electron chi connectivity index (χ3n) is 8.89. The normalized spacial score (nSPS) is 23.6. The zero-order valence-electron chi connectivity index (χ0n) is 35.2. The Morgan fingerprint density at radius 1 is 1.02 bits per heavy atom. The number of imidazole rings is 1. The number of rotatable bonds is 11. The van der Waals surface area contributed by atoms with Crippen molar-refractivity contribution in [3.63, 3.8) is 0 Å². The molecule has 1 amide bonds. The van der Waals surface area contributed by atoms with Crippen LogP contribution >= 0.6 is 0 Å². The quantitative estimate of drug-likeness (QED) is 0.0793. The van der Waals surface area contributed by atoms with E-state index in [2.05, 4.69) is 4.98 Å². The molecule has 1 fully saturated rings. The summed E-state index contributed by atoms with van der Waals surface area (Å²) in [7, 11) is 1.48. The number of aliphatic hydroxyl groups excluding tert-OH is 1. The summed E-state index contributed by atoms with van der Waals surface area (Å²) in [6.45, 7) is 18.4. The number of nitrogens with zero attached hydrogens (tertiary/aromatic N) is 3. The molecule has 1 saturated heterocycles. The van der Waals surface area contributed by atoms with Crippen molar-refractivity contribution in [2.24, 2.45) is 5.92 Å². The highest BCUT2D eigenvalue weighted by Crippen LogP contribution is 2.35. The summed E-state index contributed by atoms with van der Waals surface area (Å²) < 4.78 is 47.9. The molecule has 0 aliphatic carbocycles. The van der Waals surface area contributed by atoms with E-state index in [-0.39, 0.29) is 43.7 Å². The summed E-state index contributed by atoms with van der Waals surface area (Å²) in [5.74, 6) is -0.742. The van der Waals surface area contributed by atoms with Gasteiger partial charge in [-0.3, -0.25) is 0 Å². The molecule has 3 heterocycles. The Bertz CT molecular complexity index is 1740. The molecule has 2 unspecified atom stereocenters. The molecule has 0 bridgehead atoms. The van der Waals surface area contributed by atoms with Crippen LogP contribution in [0.15, 0.2) is 42.8 Å². The Hall–Kier alpha value is -4.44. The lowest BCUT2D eigenvalue weighted by molar-refractivity contribution is -0.152. The number of carbonyl (C=O) groups excluding carboxylic acids is 3. The van der Waals surface area contributed by atoms with E-state index < -0.39 is 59.6 Å². The molecule has 1 aromatic carbocycles. The van der Waals surface area contributed by atoms with Crippen LogP contribution in [0.5, 0.6) is 11.5 Å². The van der Waals surface area contributed by atoms with E-state index >= 15 is 0 Å². The first kappa shape index (κ1) is 45.3. The summed E-state index contributed by atoms with van der Waals surface area (Å²) in [5.41, 5.74) is -0.767. The maximum atomic E-state index is 13.8. The highest BCUT2D eigenvalue weighted by molar-refractivity contribution is 5.97. The lowest BCUT2D eigenvalue weighted by atomic mass is 9.99. The number of hydrogen-bond donors (Lipinski definition) is 1. The second-order valence-corrected chi connectivity index (χ2v) is 16.7. The molecule has 2 aliphatic rings. The maximum absolute atomic E-state index is 13.8. The van der Waals surface area contributed by atoms with E-state index in [9.17, 15) is 19.5 Å². The first-order valence-electron chi connectivity index (χ1n) is 19.4. The van der Waals surface area contributed by atoms with Crippen LogP contribution in [-0.4, -0.2) is 106 Å². The Morgan fingerprint density at radius 2 is 1.74 bits per heavy atom. The second kappa shape index (κ2) is 19.3. The van der Waals surface area contributed by atoms with Gasteiger partial charge in [-0.05, 0) is 93.2 Å². The maximum Gasteiger partial charge on any atom is 0.420 e. The number of cyclic esters (lactones) is 1. The fourth-order valence-electron chi connectivity index (χ4n) is 6.09. The smallest absolute Gasteiger partial charge is 0.420 e. The number of unbranched alkanes of at least 4 members (excludes halogenated alkanes) is 1. The molecule has 15 heteroatoms. The standard InChI is InChI=1S/C42H61N3O12/c1-27-17-18-31(46)36-32(54-42(9,10)55-36)16-14-15-29-23-30(24-33(52-26-50-11)35(29)37(47)53-28(27)2)51-22-13-12-20-44(38(48)56-40(3,4)5)25-34-43-19-21-45(34)39(49)57-41(6,7)8/h14-15,17-19,21,23-24,27-28,31-32,36,46H,12-13,16,20,22,25-26H2,1-11H3/b15-14+,18-17-/t27-,28+,31?,32+,36?/m1/s1. The first-order valence-corrected chi connectivity index (χ1v) is 19.4. The van der Waals surface area contributed by atoms with Crippen molar-refractivity contribution in [1.29, 1.82) is 0 Å². The van der Waals surface area contributed by atoms with E-state index in [0.717, 1.165) is 0 Å². The molecule has 15 nitrogen and oxygen atoms in total. The molecule has 1 N–H and O–H groups in total. The fraction of sp³-hybridized carbons (Fsp3) is 0.619. The molecular weight excluding hydrogens is 738 g/mol. The first-order chi connectivity index (χ1) is 26.7. The lowest BCUT2D eigenvalue weighted by Crippen LogP contribution is -2.38. The molecule has 5 atom stereocenters. The average molecular weight is 800 g/mol. The molecule has 1 aromatic heterocycles. The van der Waals surface area contributed by atoms with E-state index in [1.165, 1.54) is 29.0 Å². The van der Waals surface area contributed by atoms with Crippen LogP contribution in [0.25, 0.3) is 6.08 Å². The van der Waals surface area contributed by atoms with Gasteiger partial charge in [0.2, 0.25) is 0 Å². The number of hydrogen-bond acceptors (Lipinski definition) is 13. The van der Waals surface area contributed by atoms with Gasteiger partial charge in [0.25, 0.3) is 0 Å². The van der Waals surface area contributed by atoms with Crippen LogP contribution in [0.3, 0.4) is 0 Å². The van der Waals surface area contributed by atoms with Gasteiger partial charge in [0.1, 0.15) is 52.4 Å². The summed E-state index contributed by atoms with van der Waals surface area (Å²) in [6.07, 6.45) is 7.82. The number of fused-ring (bicyclic) bond motifs is 2. The summed E-state index contributed by atoms with van der Waals surface area (Å²) in [5, 5.41) is 11.0. The number of amides is 1. The van der Waals surface area contributed by atoms with Crippen molar-refractivity contribution in [2.75, 3.05) is 27.1 Å². The minimum Gasteiger partial charge on any atom is -0.493 e. The predicted molar refractivity (Wildman–Crippen MR) is 211 cm³/mol. The van der Waals surface area contributed by atoms with Crippen LogP contribution in [0.2, 0.25) is 0 Å². The second-order valence-electron chi connectivity index (χ2n) is 16.7. The summed E-state index contributed by atoms with van der Waals surface area (Å²) in [4.78, 5) is 45.8. The van der Waals surface area contributed by atoms with Gasteiger partial charge in [0, 0.05) is 38.0 Å². The van der Waals surface area contributed by atoms with Crippen LogP contribution in [0, 0.1) is 5.92 Å². The van der Waals surface area contributed by atoms with Crippen molar-refractivity contribution in [2.45, 2.75) is 136 Å². The monoisotopic (exact) mass is 799 g/mol. The fourth-order valence-corrected chi connectivity index (χ4v) is 6.09. The largest absolute Gasteiger partial charge is 0.493 e. The molecular formula is C42H61N3O12. The molecule has 0 saturated carbocycles. The summed E-state index contributed by atoms with van der Waals surface area (Å²) >= 11 is 0. The zero-order chi connectivity index (χ0) is 42.1. The molecule has 316 valence electrons. The third kappa shape index (κ3) is 13.6. The lowest BCUT2D eigenvalue weighted by Gasteiger charge is -2.27. The number of ether oxygens (including phenoxy) is 8. The van der Waals surface area contributed by atoms with Gasteiger partial charge in [0.05, 0.1) is 19.3 Å². The van der Waals surface area contributed by atoms with Gasteiger partial charge in [0.15, 0.2) is 12.6 Å². The van der Waals surface area contributed by atoms with E-state index in [1.54, 1.807) is 86.6 Å². The Kier molecular flexibility index (Phi) is 15.4. The molecule has 57 heavy (non-hydrogen) atoms. The van der Waals surface area contributed by atoms with Gasteiger partial charge in [-0.2, -0.15) is 0 Å². The van der Waals surface area contributed by atoms with E-state index in [4.69, 9.17) is 37.9 Å². The minimum atomic E-state index is -0.934. The van der Waals surface area contributed by atoms with Crippen LogP contribution < -0.4 is 9.47 Å². The van der Waals surface area contributed by atoms with E-state index in [1.807, 2.05) is 19.1 Å². The van der Waals surface area contributed by atoms with Gasteiger partial charge < -0.3 is 47.9 Å². The average Bonchev–Trinajstić information content (AvgIpc) is 3.69. The van der Waals surface area contributed by atoms with Crippen molar-refractivity contribution >= 4 is 24.2 Å². The molecule has 0 spiro atoms. The number of aromatic nitrogens is 2. The number of aliphatic hydroxyl groups is 1. The predicted octanol–water partition coefficient (Wildman–Crippen LogP) is 7.28. The third-order valence-corrected chi connectivity index (χ3v) is 8.89. The Morgan fingerprint density at radius 3 is 2.42 bits per heavy atom. The highest BCUT2D eigenvalue weighted by Gasteiger charge is 2.43. The van der Waals surface area contributed by atoms with Crippen LogP contribution in [0.1, 0.15) is 110 Å². The minimum absolute atomic E-state index is 0.0123. The molecule has 2 aliphatic heterocycles. The Balaban J connectivity index is 1.54. The van der Waals surface area contributed by atoms with Gasteiger partial charge in [-0.25, -0.2) is 23.9 Å². The molecule has 4 rings (SSSR count). The number of benzene rings is 1. The van der Waals surface area contributed by atoms with Gasteiger partial charge in [-0.15, -0.1) is 0 Å². The van der Waals surface area contributed by atoms with E-state index in [0.29, 0.717) is 36.4 Å². The molecule has 2 aromatic rings. The SMILES string of the molecule is COCOc1cc(OCCCCN(Cc2nccn2C(=O)OC(C)(C)C)C(=O)OC(C)(C)C)cc2c1C(=O)O[C@@H](C)[C@H](C)/C=C\C(O)C1OC(C)(C)O[C@H]1C/C=C/2. The van der Waals surface area contributed by atoms with Gasteiger partial charge >= 0.3 is 18.2 Å². The van der Waals surface area contributed by atoms with Crippen molar-refractivity contribution in [3.05, 3.63) is 59.7 Å². The van der Waals surface area contributed by atoms with Crippen molar-refractivity contribution in [1.82, 2.24) is 14.5 Å². The topological polar surface area (TPSA) is 166 Å². The number of carbonyl (C=O) groups is 3. The summed E-state index contributed by atoms with van der Waals surface area (Å²) in [6, 6.07) is 3.36. The zero-order valence-corrected chi connectivity index (χ0v) is 35.2. The highest BCUT2D eigenvalue weighted by atomic mass is 16.8. The van der Waals surface area contributed by atoms with Crippen LogP contribution in [0.4, 0.5) is 9.59 Å². The number of methoxy groups -OCH3 is 1. The van der Waals surface area contributed by atoms with Crippen LogP contribution in [-0.2, 0) is 35.0 Å². The Labute approximate surface area is 336 Å². The van der Waals surface area contributed by atoms with Gasteiger partial charge in [-0.1, -0.05) is 31.2 Å². The van der Waals surface area contributed by atoms with Crippen molar-refractivity contribution in [3.8, 4) is 11.5 Å². The van der Waals surface area contributed by atoms with Crippen molar-refractivity contribution < 1.29 is 57.4 Å². The molecule has 0 radical (unpaired) electrons.